The van der Waals surface area contributed by atoms with Gasteiger partial charge >= 0.3 is 0 Å². The van der Waals surface area contributed by atoms with Gasteiger partial charge in [0.05, 0.1) is 11.7 Å². The predicted molar refractivity (Wildman–Crippen MR) is 105 cm³/mol. The summed E-state index contributed by atoms with van der Waals surface area (Å²) < 4.78 is 5.49. The first kappa shape index (κ1) is 17.8. The minimum Gasteiger partial charge on any atom is -0.380 e. The Labute approximate surface area is 153 Å². The first-order valence-corrected chi connectivity index (χ1v) is 9.76. The number of nitrogens with one attached hydrogen (secondary N) is 1. The van der Waals surface area contributed by atoms with E-state index in [0.29, 0.717) is 11.7 Å². The number of ether oxygens (including phenoxy) is 1. The highest BCUT2D eigenvalue weighted by Crippen LogP contribution is 2.24. The molecule has 25 heavy (non-hydrogen) atoms. The molecule has 0 bridgehead atoms. The van der Waals surface area contributed by atoms with Crippen molar-refractivity contribution < 1.29 is 9.53 Å². The van der Waals surface area contributed by atoms with Gasteiger partial charge in [0.1, 0.15) is 0 Å². The molecule has 1 fully saturated rings. The lowest BCUT2D eigenvalue weighted by Crippen LogP contribution is -2.39. The number of hydrogen-bond acceptors (Lipinski definition) is 4. The lowest BCUT2D eigenvalue weighted by atomic mass is 10.1. The van der Waals surface area contributed by atoms with E-state index >= 15 is 0 Å². The standard InChI is InChI=1S/C20H24N2O2S/c1-24-17-6-5-13-22(14-17)16-11-9-15(10-12-16)21-20(23)18-7-3-4-8-19(18)25-2/h3-4,7-12,17H,5-6,13-14H2,1-2H3,(H,21,23). The molecule has 2 aromatic carbocycles. The van der Waals surface area contributed by atoms with E-state index in [4.69, 9.17) is 4.74 Å². The Morgan fingerprint density at radius 3 is 2.68 bits per heavy atom. The Morgan fingerprint density at radius 2 is 1.96 bits per heavy atom. The molecule has 132 valence electrons. The Balaban J connectivity index is 1.67. The second-order valence-electron chi connectivity index (χ2n) is 6.15. The molecule has 0 aromatic heterocycles. The van der Waals surface area contributed by atoms with Crippen molar-refractivity contribution in [2.24, 2.45) is 0 Å². The van der Waals surface area contributed by atoms with Gasteiger partial charge in [-0.1, -0.05) is 12.1 Å². The number of benzene rings is 2. The summed E-state index contributed by atoms with van der Waals surface area (Å²) in [4.78, 5) is 15.8. The number of carbonyl (C=O) groups is 1. The van der Waals surface area contributed by atoms with Crippen LogP contribution < -0.4 is 10.2 Å². The second-order valence-corrected chi connectivity index (χ2v) is 7.00. The summed E-state index contributed by atoms with van der Waals surface area (Å²) in [7, 11) is 1.78. The van der Waals surface area contributed by atoms with Crippen LogP contribution in [0.25, 0.3) is 0 Å². The monoisotopic (exact) mass is 356 g/mol. The maximum atomic E-state index is 12.5. The number of nitrogens with zero attached hydrogens (tertiary/aromatic N) is 1. The van der Waals surface area contributed by atoms with Gasteiger partial charge in [-0.3, -0.25) is 4.79 Å². The van der Waals surface area contributed by atoms with E-state index in [1.807, 2.05) is 42.7 Å². The zero-order valence-electron chi connectivity index (χ0n) is 14.7. The number of hydrogen-bond donors (Lipinski definition) is 1. The van der Waals surface area contributed by atoms with Crippen LogP contribution in [0.2, 0.25) is 0 Å². The molecule has 1 heterocycles. The van der Waals surface area contributed by atoms with Crippen LogP contribution >= 0.6 is 11.8 Å². The molecule has 0 radical (unpaired) electrons. The third-order valence-electron chi connectivity index (χ3n) is 4.55. The minimum atomic E-state index is -0.0740. The van der Waals surface area contributed by atoms with Crippen LogP contribution in [-0.4, -0.2) is 38.5 Å². The number of thioether (sulfide) groups is 1. The molecule has 5 heteroatoms. The number of piperidine rings is 1. The second kappa shape index (κ2) is 8.41. The van der Waals surface area contributed by atoms with E-state index in [1.165, 1.54) is 5.69 Å². The van der Waals surface area contributed by atoms with Gasteiger partial charge < -0.3 is 15.0 Å². The molecular formula is C20H24N2O2S. The third kappa shape index (κ3) is 4.35. The molecule has 0 aliphatic carbocycles. The first-order chi connectivity index (χ1) is 12.2. The fourth-order valence-corrected chi connectivity index (χ4v) is 3.75. The molecule has 0 saturated carbocycles. The van der Waals surface area contributed by atoms with Crippen LogP contribution in [0.15, 0.2) is 53.4 Å². The molecule has 0 spiro atoms. The van der Waals surface area contributed by atoms with Gasteiger partial charge in [-0.2, -0.15) is 0 Å². The van der Waals surface area contributed by atoms with E-state index in [-0.39, 0.29) is 5.91 Å². The van der Waals surface area contributed by atoms with Gasteiger partial charge in [-0.05, 0) is 55.5 Å². The maximum Gasteiger partial charge on any atom is 0.256 e. The number of rotatable bonds is 5. The van der Waals surface area contributed by atoms with Crippen molar-refractivity contribution in [3.8, 4) is 0 Å². The highest BCUT2D eigenvalue weighted by atomic mass is 32.2. The van der Waals surface area contributed by atoms with Crippen molar-refractivity contribution in [1.29, 1.82) is 0 Å². The Kier molecular flexibility index (Phi) is 6.00. The number of amides is 1. The van der Waals surface area contributed by atoms with Crippen LogP contribution in [0.1, 0.15) is 23.2 Å². The molecule has 1 saturated heterocycles. The smallest absolute Gasteiger partial charge is 0.256 e. The van der Waals surface area contributed by atoms with Gasteiger partial charge in [0.25, 0.3) is 5.91 Å². The summed E-state index contributed by atoms with van der Waals surface area (Å²) in [6, 6.07) is 15.7. The fraction of sp³-hybridized carbons (Fsp3) is 0.350. The highest BCUT2D eigenvalue weighted by molar-refractivity contribution is 7.98. The average molecular weight is 356 g/mol. The summed E-state index contributed by atoms with van der Waals surface area (Å²) >= 11 is 1.58. The SMILES string of the molecule is COC1CCCN(c2ccc(NC(=O)c3ccccc3SC)cc2)C1. The van der Waals surface area contributed by atoms with Gasteiger partial charge in [-0.15, -0.1) is 11.8 Å². The molecule has 1 amide bonds. The van der Waals surface area contributed by atoms with E-state index in [2.05, 4.69) is 22.3 Å². The van der Waals surface area contributed by atoms with E-state index in [9.17, 15) is 4.79 Å². The largest absolute Gasteiger partial charge is 0.380 e. The maximum absolute atomic E-state index is 12.5. The number of carbonyl (C=O) groups excluding carboxylic acids is 1. The van der Waals surface area contributed by atoms with Crippen molar-refractivity contribution in [1.82, 2.24) is 0 Å². The first-order valence-electron chi connectivity index (χ1n) is 8.53. The van der Waals surface area contributed by atoms with Crippen molar-refractivity contribution in [2.75, 3.05) is 36.7 Å². The Bertz CT molecular complexity index is 718. The highest BCUT2D eigenvalue weighted by Gasteiger charge is 2.19. The Hall–Kier alpha value is -1.98. The average Bonchev–Trinajstić information content (AvgIpc) is 2.68. The van der Waals surface area contributed by atoms with Crippen LogP contribution in [0.4, 0.5) is 11.4 Å². The number of anilines is 2. The lowest BCUT2D eigenvalue weighted by Gasteiger charge is -2.33. The molecule has 1 atom stereocenters. The quantitative estimate of drug-likeness (QED) is 0.812. The number of methoxy groups -OCH3 is 1. The Morgan fingerprint density at radius 1 is 1.20 bits per heavy atom. The third-order valence-corrected chi connectivity index (χ3v) is 5.35. The molecular weight excluding hydrogens is 332 g/mol. The van der Waals surface area contributed by atoms with Crippen LogP contribution in [0, 0.1) is 0 Å². The van der Waals surface area contributed by atoms with Gasteiger partial charge in [0.2, 0.25) is 0 Å². The van der Waals surface area contributed by atoms with Crippen molar-refractivity contribution in [2.45, 2.75) is 23.8 Å². The fourth-order valence-electron chi connectivity index (χ4n) is 3.15. The topological polar surface area (TPSA) is 41.6 Å². The van der Waals surface area contributed by atoms with Crippen LogP contribution in [0.3, 0.4) is 0 Å². The normalized spacial score (nSPS) is 17.4. The van der Waals surface area contributed by atoms with Crippen molar-refractivity contribution >= 4 is 29.0 Å². The predicted octanol–water partition coefficient (Wildman–Crippen LogP) is 4.28. The summed E-state index contributed by atoms with van der Waals surface area (Å²) in [6.45, 7) is 1.97. The molecule has 1 N–H and O–H groups in total. The van der Waals surface area contributed by atoms with Crippen molar-refractivity contribution in [3.63, 3.8) is 0 Å². The molecule has 4 nitrogen and oxygen atoms in total. The molecule has 1 aliphatic heterocycles. The van der Waals surface area contributed by atoms with E-state index < -0.39 is 0 Å². The van der Waals surface area contributed by atoms with Crippen LogP contribution in [0.5, 0.6) is 0 Å². The lowest BCUT2D eigenvalue weighted by molar-refractivity contribution is 0.0893. The van der Waals surface area contributed by atoms with Crippen LogP contribution in [-0.2, 0) is 4.74 Å². The molecule has 2 aromatic rings. The summed E-state index contributed by atoms with van der Waals surface area (Å²) in [5.41, 5.74) is 2.69. The van der Waals surface area contributed by atoms with Crippen molar-refractivity contribution in [3.05, 3.63) is 54.1 Å². The van der Waals surface area contributed by atoms with Gasteiger partial charge in [-0.25, -0.2) is 0 Å². The molecule has 3 rings (SSSR count). The summed E-state index contributed by atoms with van der Waals surface area (Å²) in [5, 5.41) is 2.99. The summed E-state index contributed by atoms with van der Waals surface area (Å²) in [5.74, 6) is -0.0740. The summed E-state index contributed by atoms with van der Waals surface area (Å²) in [6.07, 6.45) is 4.54. The van der Waals surface area contributed by atoms with E-state index in [1.54, 1.807) is 18.9 Å². The van der Waals surface area contributed by atoms with Gasteiger partial charge in [0, 0.05) is 36.5 Å². The zero-order chi connectivity index (χ0) is 17.6. The van der Waals surface area contributed by atoms with Gasteiger partial charge in [0.15, 0.2) is 0 Å². The minimum absolute atomic E-state index is 0.0740. The zero-order valence-corrected chi connectivity index (χ0v) is 15.5. The molecule has 1 unspecified atom stereocenters. The molecule has 1 aliphatic rings. The van der Waals surface area contributed by atoms with E-state index in [0.717, 1.165) is 36.5 Å².